The Bertz CT molecular complexity index is 429. The van der Waals surface area contributed by atoms with Crippen LogP contribution in [0.15, 0.2) is 12.3 Å². The predicted molar refractivity (Wildman–Crippen MR) is 81.7 cm³/mol. The molecule has 3 rings (SSSR count). The first kappa shape index (κ1) is 14.1. The molecule has 20 heavy (non-hydrogen) atoms. The van der Waals surface area contributed by atoms with Crippen molar-refractivity contribution in [3.8, 4) is 0 Å². The lowest BCUT2D eigenvalue weighted by Gasteiger charge is -2.35. The highest BCUT2D eigenvalue weighted by Crippen LogP contribution is 2.29. The van der Waals surface area contributed by atoms with Gasteiger partial charge in [0.1, 0.15) is 0 Å². The maximum Gasteiger partial charge on any atom is 0.0764 e. The van der Waals surface area contributed by atoms with Crippen molar-refractivity contribution in [1.82, 2.24) is 20.0 Å². The van der Waals surface area contributed by atoms with Crippen molar-refractivity contribution in [1.29, 1.82) is 0 Å². The van der Waals surface area contributed by atoms with E-state index in [-0.39, 0.29) is 0 Å². The third-order valence-corrected chi connectivity index (χ3v) is 5.19. The summed E-state index contributed by atoms with van der Waals surface area (Å²) in [5.74, 6) is 0. The molecule has 2 aliphatic heterocycles. The average Bonchev–Trinajstić information content (AvgIpc) is 3.04. The van der Waals surface area contributed by atoms with Crippen LogP contribution < -0.4 is 5.32 Å². The monoisotopic (exact) mass is 276 g/mol. The molecule has 0 amide bonds. The number of nitrogens with one attached hydrogen (secondary N) is 1. The van der Waals surface area contributed by atoms with Crippen LogP contribution in [0, 0.1) is 0 Å². The van der Waals surface area contributed by atoms with E-state index in [2.05, 4.69) is 48.1 Å². The van der Waals surface area contributed by atoms with E-state index in [9.17, 15) is 0 Å². The molecule has 0 spiro atoms. The summed E-state index contributed by atoms with van der Waals surface area (Å²) in [5, 5.41) is 8.45. The van der Waals surface area contributed by atoms with Crippen molar-refractivity contribution in [2.24, 2.45) is 0 Å². The number of rotatable bonds is 5. The van der Waals surface area contributed by atoms with Gasteiger partial charge in [0.15, 0.2) is 0 Å². The predicted octanol–water partition coefficient (Wildman–Crippen LogP) is 2.57. The van der Waals surface area contributed by atoms with E-state index in [1.165, 1.54) is 31.4 Å². The van der Waals surface area contributed by atoms with Gasteiger partial charge in [-0.05, 0) is 52.1 Å². The summed E-state index contributed by atoms with van der Waals surface area (Å²) >= 11 is 0. The van der Waals surface area contributed by atoms with Crippen LogP contribution in [0.25, 0.3) is 0 Å². The first-order chi connectivity index (χ1) is 9.65. The van der Waals surface area contributed by atoms with Crippen molar-refractivity contribution >= 4 is 0 Å². The Kier molecular flexibility index (Phi) is 4.13. The molecule has 112 valence electrons. The third kappa shape index (κ3) is 2.91. The summed E-state index contributed by atoms with van der Waals surface area (Å²) in [6.07, 6.45) is 8.62. The lowest BCUT2D eigenvalue weighted by Crippen LogP contribution is -2.46. The Balaban J connectivity index is 1.58. The summed E-state index contributed by atoms with van der Waals surface area (Å²) in [6.45, 7) is 5.42. The van der Waals surface area contributed by atoms with Crippen LogP contribution in [0.5, 0.6) is 0 Å². The molecule has 4 heteroatoms. The molecule has 2 fully saturated rings. The molecule has 3 unspecified atom stereocenters. The van der Waals surface area contributed by atoms with Gasteiger partial charge in [-0.3, -0.25) is 9.58 Å². The van der Waals surface area contributed by atoms with Crippen molar-refractivity contribution in [2.45, 2.75) is 76.7 Å². The lowest BCUT2D eigenvalue weighted by atomic mass is 9.98. The van der Waals surface area contributed by atoms with Crippen molar-refractivity contribution in [2.75, 3.05) is 7.05 Å². The summed E-state index contributed by atoms with van der Waals surface area (Å²) in [7, 11) is 2.26. The Labute approximate surface area is 122 Å². The zero-order valence-corrected chi connectivity index (χ0v) is 13.0. The fourth-order valence-electron chi connectivity index (χ4n) is 3.67. The van der Waals surface area contributed by atoms with Crippen LogP contribution in [-0.2, 0) is 6.54 Å². The van der Waals surface area contributed by atoms with E-state index in [0.29, 0.717) is 6.04 Å². The number of hydrogen-bond donors (Lipinski definition) is 1. The van der Waals surface area contributed by atoms with Crippen LogP contribution in [0.2, 0.25) is 0 Å². The van der Waals surface area contributed by atoms with Gasteiger partial charge in [-0.15, -0.1) is 0 Å². The highest BCUT2D eigenvalue weighted by molar-refractivity contribution is 5.01. The zero-order chi connectivity index (χ0) is 14.1. The third-order valence-electron chi connectivity index (χ3n) is 5.19. The molecule has 0 aromatic carbocycles. The van der Waals surface area contributed by atoms with Gasteiger partial charge in [-0.1, -0.05) is 6.92 Å². The number of fused-ring (bicyclic) bond motifs is 2. The van der Waals surface area contributed by atoms with E-state index < -0.39 is 0 Å². The number of nitrogens with zero attached hydrogens (tertiary/aromatic N) is 3. The van der Waals surface area contributed by atoms with Crippen LogP contribution in [0.4, 0.5) is 0 Å². The van der Waals surface area contributed by atoms with Crippen LogP contribution in [-0.4, -0.2) is 39.9 Å². The summed E-state index contributed by atoms with van der Waals surface area (Å²) in [4.78, 5) is 2.51. The van der Waals surface area contributed by atoms with E-state index >= 15 is 0 Å². The SMILES string of the molecule is CCC(C)n1ccc(CN(C)C2CC3CCC(C2)N3)n1. The maximum atomic E-state index is 4.73. The number of aromatic nitrogens is 2. The zero-order valence-electron chi connectivity index (χ0n) is 13.0. The van der Waals surface area contributed by atoms with Gasteiger partial charge in [-0.25, -0.2) is 0 Å². The van der Waals surface area contributed by atoms with Gasteiger partial charge >= 0.3 is 0 Å². The number of hydrogen-bond acceptors (Lipinski definition) is 3. The summed E-state index contributed by atoms with van der Waals surface area (Å²) < 4.78 is 2.11. The molecule has 0 aliphatic carbocycles. The van der Waals surface area contributed by atoms with E-state index in [4.69, 9.17) is 5.10 Å². The van der Waals surface area contributed by atoms with Crippen LogP contribution in [0.1, 0.15) is 57.7 Å². The smallest absolute Gasteiger partial charge is 0.0764 e. The molecular formula is C16H28N4. The Hall–Kier alpha value is -0.870. The first-order valence-corrected chi connectivity index (χ1v) is 8.16. The van der Waals surface area contributed by atoms with Gasteiger partial charge in [0.2, 0.25) is 0 Å². The quantitative estimate of drug-likeness (QED) is 0.897. The van der Waals surface area contributed by atoms with Crippen LogP contribution in [0.3, 0.4) is 0 Å². The molecule has 3 atom stereocenters. The van der Waals surface area contributed by atoms with Gasteiger partial charge in [0.05, 0.1) is 5.69 Å². The minimum Gasteiger partial charge on any atom is -0.311 e. The van der Waals surface area contributed by atoms with Crippen molar-refractivity contribution in [3.05, 3.63) is 18.0 Å². The minimum absolute atomic E-state index is 0.504. The minimum atomic E-state index is 0.504. The van der Waals surface area contributed by atoms with E-state index in [0.717, 1.165) is 31.1 Å². The van der Waals surface area contributed by atoms with Crippen LogP contribution >= 0.6 is 0 Å². The second-order valence-electron chi connectivity index (χ2n) is 6.72. The molecule has 2 saturated heterocycles. The highest BCUT2D eigenvalue weighted by Gasteiger charge is 2.35. The molecule has 0 saturated carbocycles. The molecular weight excluding hydrogens is 248 g/mol. The molecule has 2 bridgehead atoms. The van der Waals surface area contributed by atoms with Gasteiger partial charge < -0.3 is 5.32 Å². The average molecular weight is 276 g/mol. The standard InChI is InChI=1S/C16H28N4/c1-4-12(2)20-8-7-15(18-20)11-19(3)16-9-13-5-6-14(10-16)17-13/h7-8,12-14,16-17H,4-6,9-11H2,1-3H3. The molecule has 3 heterocycles. The largest absolute Gasteiger partial charge is 0.311 e. The Morgan fingerprint density at radius 1 is 1.40 bits per heavy atom. The second-order valence-corrected chi connectivity index (χ2v) is 6.72. The Morgan fingerprint density at radius 2 is 2.10 bits per heavy atom. The fourth-order valence-corrected chi connectivity index (χ4v) is 3.67. The number of piperidine rings is 1. The Morgan fingerprint density at radius 3 is 2.75 bits per heavy atom. The maximum absolute atomic E-state index is 4.73. The molecule has 1 aromatic heterocycles. The van der Waals surface area contributed by atoms with Gasteiger partial charge in [-0.2, -0.15) is 5.10 Å². The molecule has 2 aliphatic rings. The van der Waals surface area contributed by atoms with Gasteiger partial charge in [0.25, 0.3) is 0 Å². The highest BCUT2D eigenvalue weighted by atomic mass is 15.3. The summed E-state index contributed by atoms with van der Waals surface area (Å²) in [5.41, 5.74) is 1.21. The lowest BCUT2D eigenvalue weighted by molar-refractivity contribution is 0.164. The molecule has 4 nitrogen and oxygen atoms in total. The van der Waals surface area contributed by atoms with Gasteiger partial charge in [0, 0.05) is 36.9 Å². The summed E-state index contributed by atoms with van der Waals surface area (Å²) in [6, 6.07) is 4.93. The second kappa shape index (κ2) is 5.86. The van der Waals surface area contributed by atoms with Crippen molar-refractivity contribution in [3.63, 3.8) is 0 Å². The molecule has 1 N–H and O–H groups in total. The topological polar surface area (TPSA) is 33.1 Å². The molecule has 0 radical (unpaired) electrons. The van der Waals surface area contributed by atoms with E-state index in [1.54, 1.807) is 0 Å². The van der Waals surface area contributed by atoms with Crippen molar-refractivity contribution < 1.29 is 0 Å². The normalized spacial score (nSPS) is 30.9. The van der Waals surface area contributed by atoms with E-state index in [1.807, 2.05) is 0 Å². The molecule has 1 aromatic rings. The first-order valence-electron chi connectivity index (χ1n) is 8.16. The fraction of sp³-hybridized carbons (Fsp3) is 0.812.